The summed E-state index contributed by atoms with van der Waals surface area (Å²) in [5.74, 6) is 0.181. The molecule has 3 rings (SSSR count). The summed E-state index contributed by atoms with van der Waals surface area (Å²) in [5.41, 5.74) is 4.08. The van der Waals surface area contributed by atoms with Gasteiger partial charge in [0.25, 0.3) is 0 Å². The highest BCUT2D eigenvalue weighted by atomic mass is 16.2. The number of allylic oxidation sites excluding steroid dienone is 3. The molecule has 2 aliphatic rings. The molecule has 1 amide bonds. The molecule has 2 heterocycles. The van der Waals surface area contributed by atoms with E-state index < -0.39 is 0 Å². The van der Waals surface area contributed by atoms with Crippen LogP contribution in [0, 0.1) is 0 Å². The lowest BCUT2D eigenvalue weighted by molar-refractivity contribution is -0.119. The Hall–Kier alpha value is -2.37. The second-order valence-electron chi connectivity index (χ2n) is 6.92. The van der Waals surface area contributed by atoms with Crippen LogP contribution in [-0.4, -0.2) is 49.6 Å². The maximum Gasteiger partial charge on any atom is 0.241 e. The van der Waals surface area contributed by atoms with E-state index in [0.29, 0.717) is 12.6 Å². The zero-order valence-electron chi connectivity index (χ0n) is 15.5. The molecule has 5 nitrogen and oxygen atoms in total. The van der Waals surface area contributed by atoms with Gasteiger partial charge in [-0.2, -0.15) is 0 Å². The number of rotatable bonds is 6. The first-order chi connectivity index (χ1) is 12.6. The van der Waals surface area contributed by atoms with Gasteiger partial charge in [-0.1, -0.05) is 25.3 Å². The van der Waals surface area contributed by atoms with Crippen LogP contribution in [0.25, 0.3) is 0 Å². The van der Waals surface area contributed by atoms with Crippen molar-refractivity contribution in [2.45, 2.75) is 19.4 Å². The van der Waals surface area contributed by atoms with Crippen molar-refractivity contribution in [3.05, 3.63) is 60.8 Å². The van der Waals surface area contributed by atoms with Crippen LogP contribution in [0.5, 0.6) is 0 Å². The van der Waals surface area contributed by atoms with Gasteiger partial charge in [0, 0.05) is 49.3 Å². The first-order valence-corrected chi connectivity index (χ1v) is 9.22. The maximum absolute atomic E-state index is 12.9. The van der Waals surface area contributed by atoms with Gasteiger partial charge in [0.1, 0.15) is 0 Å². The number of piperazine rings is 1. The smallest absolute Gasteiger partial charge is 0.241 e. The summed E-state index contributed by atoms with van der Waals surface area (Å²) in [7, 11) is 0. The van der Waals surface area contributed by atoms with E-state index in [1.165, 1.54) is 5.56 Å². The molecule has 0 aromatic heterocycles. The van der Waals surface area contributed by atoms with Crippen molar-refractivity contribution in [1.29, 1.82) is 0 Å². The number of amides is 1. The highest BCUT2D eigenvalue weighted by molar-refractivity contribution is 5.97. The van der Waals surface area contributed by atoms with Gasteiger partial charge in [-0.3, -0.25) is 9.69 Å². The molecule has 1 saturated heterocycles. The summed E-state index contributed by atoms with van der Waals surface area (Å²) in [4.78, 5) is 17.0. The van der Waals surface area contributed by atoms with E-state index >= 15 is 0 Å². The average Bonchev–Trinajstić information content (AvgIpc) is 3.04. The van der Waals surface area contributed by atoms with Crippen LogP contribution in [-0.2, 0) is 11.2 Å². The Morgan fingerprint density at radius 3 is 2.96 bits per heavy atom. The van der Waals surface area contributed by atoms with Crippen molar-refractivity contribution >= 4 is 17.3 Å². The lowest BCUT2D eigenvalue weighted by atomic mass is 10.1. The first kappa shape index (κ1) is 18.4. The average molecular weight is 352 g/mol. The van der Waals surface area contributed by atoms with Gasteiger partial charge < -0.3 is 15.5 Å². The van der Waals surface area contributed by atoms with Crippen LogP contribution in [0.1, 0.15) is 12.5 Å². The van der Waals surface area contributed by atoms with Gasteiger partial charge in [-0.15, -0.1) is 0 Å². The van der Waals surface area contributed by atoms with Crippen LogP contribution in [0.2, 0.25) is 0 Å². The second-order valence-corrected chi connectivity index (χ2v) is 6.92. The molecule has 138 valence electrons. The molecule has 26 heavy (non-hydrogen) atoms. The van der Waals surface area contributed by atoms with Crippen molar-refractivity contribution in [1.82, 2.24) is 10.2 Å². The lowest BCUT2D eigenvalue weighted by Crippen LogP contribution is -2.52. The molecule has 1 atom stereocenters. The minimum absolute atomic E-state index is 0.181. The normalized spacial score (nSPS) is 20.6. The van der Waals surface area contributed by atoms with Crippen LogP contribution >= 0.6 is 0 Å². The van der Waals surface area contributed by atoms with Crippen molar-refractivity contribution in [3.63, 3.8) is 0 Å². The fraction of sp³-hybridized carbons (Fsp3) is 0.381. The quantitative estimate of drug-likeness (QED) is 0.773. The number of hydrogen-bond acceptors (Lipinski definition) is 4. The molecule has 0 unspecified atom stereocenters. The summed E-state index contributed by atoms with van der Waals surface area (Å²) in [6.45, 7) is 13.7. The van der Waals surface area contributed by atoms with Crippen molar-refractivity contribution < 1.29 is 4.79 Å². The van der Waals surface area contributed by atoms with E-state index in [1.54, 1.807) is 12.2 Å². The number of benzene rings is 1. The van der Waals surface area contributed by atoms with Crippen LogP contribution in [0.15, 0.2) is 55.3 Å². The number of nitrogens with one attached hydrogen (secondary N) is 2. The van der Waals surface area contributed by atoms with Crippen LogP contribution in [0.3, 0.4) is 0 Å². The fourth-order valence-corrected chi connectivity index (χ4v) is 3.60. The highest BCUT2D eigenvalue weighted by Crippen LogP contribution is 2.31. The Labute approximate surface area is 156 Å². The Balaban J connectivity index is 1.72. The van der Waals surface area contributed by atoms with Crippen molar-refractivity contribution in [2.24, 2.45) is 0 Å². The number of carbonyl (C=O) groups excluding carboxylic acids is 1. The highest BCUT2D eigenvalue weighted by Gasteiger charge is 2.27. The van der Waals surface area contributed by atoms with Gasteiger partial charge in [0.15, 0.2) is 0 Å². The van der Waals surface area contributed by atoms with Crippen molar-refractivity contribution in [2.75, 3.05) is 42.9 Å². The molecule has 0 saturated carbocycles. The summed E-state index contributed by atoms with van der Waals surface area (Å²) in [6.07, 6.45) is 6.26. The predicted octanol–water partition coefficient (Wildman–Crippen LogP) is 2.54. The number of hydrogen-bond donors (Lipinski definition) is 2. The van der Waals surface area contributed by atoms with Crippen molar-refractivity contribution in [3.8, 4) is 0 Å². The third kappa shape index (κ3) is 4.23. The monoisotopic (exact) mass is 352 g/mol. The molecular weight excluding hydrogens is 324 g/mol. The fourth-order valence-electron chi connectivity index (χ4n) is 3.60. The second kappa shape index (κ2) is 8.34. The Kier molecular flexibility index (Phi) is 5.91. The SMILES string of the molecule is C=C/C=C(\C=C)Nc1ccc2c(c1)N(C(=O)CN1CCN[C@H](C)C1)CC2. The number of fused-ring (bicyclic) bond motifs is 1. The third-order valence-corrected chi connectivity index (χ3v) is 4.90. The maximum atomic E-state index is 12.9. The third-order valence-electron chi connectivity index (χ3n) is 4.90. The molecule has 0 bridgehead atoms. The molecule has 1 fully saturated rings. The van der Waals surface area contributed by atoms with Crippen LogP contribution < -0.4 is 15.5 Å². The number of anilines is 2. The molecule has 5 heteroatoms. The number of nitrogens with zero attached hydrogens (tertiary/aromatic N) is 2. The van der Waals surface area contributed by atoms with E-state index in [4.69, 9.17) is 0 Å². The molecule has 1 aromatic rings. The first-order valence-electron chi connectivity index (χ1n) is 9.22. The topological polar surface area (TPSA) is 47.6 Å². The summed E-state index contributed by atoms with van der Waals surface area (Å²) in [5, 5.41) is 6.74. The largest absolute Gasteiger partial charge is 0.355 e. The van der Waals surface area contributed by atoms with E-state index in [9.17, 15) is 4.79 Å². The number of carbonyl (C=O) groups is 1. The molecule has 0 aliphatic carbocycles. The standard InChI is InChI=1S/C21H28N4O/c1-4-6-18(5-2)23-19-8-7-17-9-11-25(20(17)13-19)21(26)15-24-12-10-22-16(3)14-24/h4-8,13,16,22-23H,1-2,9-12,14-15H2,3H3/b18-6+/t16-/m1/s1. The molecular formula is C21H28N4O. The van der Waals surface area contributed by atoms with E-state index in [0.717, 1.165) is 49.7 Å². The van der Waals surface area contributed by atoms with E-state index in [2.05, 4.69) is 47.7 Å². The molecule has 1 aromatic carbocycles. The Morgan fingerprint density at radius 2 is 2.23 bits per heavy atom. The Morgan fingerprint density at radius 1 is 1.38 bits per heavy atom. The van der Waals surface area contributed by atoms with Gasteiger partial charge in [0.2, 0.25) is 5.91 Å². The zero-order chi connectivity index (χ0) is 18.5. The lowest BCUT2D eigenvalue weighted by Gasteiger charge is -2.32. The van der Waals surface area contributed by atoms with Gasteiger partial charge in [0.05, 0.1) is 6.54 Å². The zero-order valence-corrected chi connectivity index (χ0v) is 15.5. The molecule has 0 radical (unpaired) electrons. The molecule has 0 spiro atoms. The minimum atomic E-state index is 0.181. The van der Waals surface area contributed by atoms with Gasteiger partial charge >= 0.3 is 0 Å². The molecule has 2 aliphatic heterocycles. The van der Waals surface area contributed by atoms with Gasteiger partial charge in [-0.25, -0.2) is 0 Å². The summed E-state index contributed by atoms with van der Waals surface area (Å²) in [6, 6.07) is 6.64. The summed E-state index contributed by atoms with van der Waals surface area (Å²) < 4.78 is 0. The minimum Gasteiger partial charge on any atom is -0.355 e. The Bertz CT molecular complexity index is 725. The van der Waals surface area contributed by atoms with E-state index in [-0.39, 0.29) is 5.91 Å². The van der Waals surface area contributed by atoms with E-state index in [1.807, 2.05) is 17.0 Å². The van der Waals surface area contributed by atoms with Crippen LogP contribution in [0.4, 0.5) is 11.4 Å². The predicted molar refractivity (Wildman–Crippen MR) is 109 cm³/mol. The van der Waals surface area contributed by atoms with Gasteiger partial charge in [-0.05, 0) is 43.2 Å². The molecule has 2 N–H and O–H groups in total. The summed E-state index contributed by atoms with van der Waals surface area (Å²) >= 11 is 0.